The molecule has 21 heavy (non-hydrogen) atoms. The van der Waals surface area contributed by atoms with Gasteiger partial charge in [0.25, 0.3) is 5.69 Å². The van der Waals surface area contributed by atoms with Crippen molar-refractivity contribution in [1.82, 2.24) is 4.90 Å². The van der Waals surface area contributed by atoms with Gasteiger partial charge in [0, 0.05) is 25.2 Å². The van der Waals surface area contributed by atoms with Gasteiger partial charge in [-0.15, -0.1) is 0 Å². The largest absolute Gasteiger partial charge is 0.444 e. The number of amides is 1. The topological polar surface area (TPSA) is 72.7 Å². The molecule has 0 bridgehead atoms. The Bertz CT molecular complexity index is 509. The minimum Gasteiger partial charge on any atom is -0.444 e. The molecule has 0 saturated heterocycles. The van der Waals surface area contributed by atoms with Crippen LogP contribution in [0, 0.1) is 10.1 Å². The summed E-state index contributed by atoms with van der Waals surface area (Å²) in [5, 5.41) is 10.8. The Balaban J connectivity index is 2.85. The van der Waals surface area contributed by atoms with Crippen molar-refractivity contribution in [3.8, 4) is 0 Å². The molecule has 0 aliphatic heterocycles. The third kappa shape index (κ3) is 5.81. The molecule has 0 unspecified atom stereocenters. The van der Waals surface area contributed by atoms with Gasteiger partial charge in [-0.25, -0.2) is 4.79 Å². The minimum atomic E-state index is -0.564. The van der Waals surface area contributed by atoms with E-state index in [1.807, 2.05) is 27.7 Å². The van der Waals surface area contributed by atoms with E-state index in [2.05, 4.69) is 0 Å². The van der Waals surface area contributed by atoms with Crippen molar-refractivity contribution >= 4 is 11.8 Å². The van der Waals surface area contributed by atoms with Gasteiger partial charge >= 0.3 is 6.09 Å². The second-order valence-corrected chi connectivity index (χ2v) is 5.83. The summed E-state index contributed by atoms with van der Waals surface area (Å²) in [6.45, 7) is 8.22. The van der Waals surface area contributed by atoms with Gasteiger partial charge in [0.15, 0.2) is 0 Å². The van der Waals surface area contributed by atoms with Crippen molar-refractivity contribution in [1.29, 1.82) is 0 Å². The monoisotopic (exact) mass is 294 g/mol. The fourth-order valence-electron chi connectivity index (χ4n) is 1.82. The highest BCUT2D eigenvalue weighted by Gasteiger charge is 2.22. The third-order valence-electron chi connectivity index (χ3n) is 2.64. The molecule has 6 heteroatoms. The lowest BCUT2D eigenvalue weighted by Gasteiger charge is -2.27. The second-order valence-electron chi connectivity index (χ2n) is 5.83. The van der Waals surface area contributed by atoms with E-state index in [0.29, 0.717) is 18.7 Å². The molecule has 1 rings (SSSR count). The summed E-state index contributed by atoms with van der Waals surface area (Å²) < 4.78 is 5.36. The van der Waals surface area contributed by atoms with Crippen LogP contribution in [0.5, 0.6) is 0 Å². The summed E-state index contributed by atoms with van der Waals surface area (Å²) in [5.41, 5.74) is 0.169. The zero-order valence-corrected chi connectivity index (χ0v) is 13.0. The fourth-order valence-corrected chi connectivity index (χ4v) is 1.82. The normalized spacial score (nSPS) is 11.0. The van der Waals surface area contributed by atoms with E-state index in [1.54, 1.807) is 17.0 Å². The average Bonchev–Trinajstić information content (AvgIpc) is 2.36. The summed E-state index contributed by atoms with van der Waals surface area (Å²) in [5.74, 6) is 0. The van der Waals surface area contributed by atoms with Crippen LogP contribution in [0.25, 0.3) is 0 Å². The summed E-state index contributed by atoms with van der Waals surface area (Å²) in [6.07, 6.45) is 0.379. The third-order valence-corrected chi connectivity index (χ3v) is 2.64. The number of hydrogen-bond acceptors (Lipinski definition) is 4. The van der Waals surface area contributed by atoms with E-state index < -0.39 is 16.6 Å². The predicted molar refractivity (Wildman–Crippen MR) is 80.0 cm³/mol. The zero-order chi connectivity index (χ0) is 16.0. The maximum atomic E-state index is 12.1. The van der Waals surface area contributed by atoms with Crippen LogP contribution >= 0.6 is 0 Å². The van der Waals surface area contributed by atoms with E-state index >= 15 is 0 Å². The fraction of sp³-hybridized carbons (Fsp3) is 0.533. The van der Waals surface area contributed by atoms with Crippen LogP contribution in [0.4, 0.5) is 10.5 Å². The van der Waals surface area contributed by atoms with Gasteiger partial charge in [-0.3, -0.25) is 10.1 Å². The number of benzene rings is 1. The number of nitrogens with zero attached hydrogens (tertiary/aromatic N) is 2. The molecule has 0 heterocycles. The smallest absolute Gasteiger partial charge is 0.410 e. The van der Waals surface area contributed by atoms with Crippen molar-refractivity contribution in [3.05, 3.63) is 39.9 Å². The quantitative estimate of drug-likeness (QED) is 0.612. The lowest BCUT2D eigenvalue weighted by Crippen LogP contribution is -2.36. The molecule has 1 amide bonds. The molecule has 0 saturated carbocycles. The summed E-state index contributed by atoms with van der Waals surface area (Å²) >= 11 is 0. The number of carbonyl (C=O) groups excluding carboxylic acids is 1. The zero-order valence-electron chi connectivity index (χ0n) is 13.0. The highest BCUT2D eigenvalue weighted by atomic mass is 16.6. The Morgan fingerprint density at radius 2 is 2.05 bits per heavy atom. The molecule has 6 nitrogen and oxygen atoms in total. The summed E-state index contributed by atoms with van der Waals surface area (Å²) in [7, 11) is 0. The Labute approximate surface area is 124 Å². The van der Waals surface area contributed by atoms with Crippen molar-refractivity contribution in [2.24, 2.45) is 0 Å². The molecule has 0 aliphatic rings. The van der Waals surface area contributed by atoms with Crippen molar-refractivity contribution in [3.63, 3.8) is 0 Å². The van der Waals surface area contributed by atoms with Gasteiger partial charge < -0.3 is 9.64 Å². The highest BCUT2D eigenvalue weighted by Crippen LogP contribution is 2.17. The van der Waals surface area contributed by atoms with E-state index in [4.69, 9.17) is 4.74 Å². The number of rotatable bonds is 5. The number of hydrogen-bond donors (Lipinski definition) is 0. The van der Waals surface area contributed by atoms with Gasteiger partial charge in [0.05, 0.1) is 4.92 Å². The Morgan fingerprint density at radius 3 is 2.57 bits per heavy atom. The van der Waals surface area contributed by atoms with Gasteiger partial charge in [0.1, 0.15) is 5.60 Å². The molecule has 0 N–H and O–H groups in total. The standard InChI is InChI=1S/C15H22N2O4/c1-5-9-16(14(18)21-15(2,3)4)11-12-7-6-8-13(10-12)17(19)20/h6-8,10H,5,9,11H2,1-4H3. The first kappa shape index (κ1) is 16.9. The first-order valence-corrected chi connectivity index (χ1v) is 6.94. The van der Waals surface area contributed by atoms with Crippen LogP contribution in [-0.4, -0.2) is 28.1 Å². The molecular weight excluding hydrogens is 272 g/mol. The number of ether oxygens (including phenoxy) is 1. The number of non-ortho nitro benzene ring substituents is 1. The molecule has 0 atom stereocenters. The molecule has 0 radical (unpaired) electrons. The average molecular weight is 294 g/mol. The van der Waals surface area contributed by atoms with Crippen LogP contribution in [-0.2, 0) is 11.3 Å². The van der Waals surface area contributed by atoms with Crippen molar-refractivity contribution in [2.45, 2.75) is 46.3 Å². The predicted octanol–water partition coefficient (Wildman–Crippen LogP) is 3.74. The molecule has 116 valence electrons. The Hall–Kier alpha value is -2.11. The SMILES string of the molecule is CCCN(Cc1cccc([N+](=O)[O-])c1)C(=O)OC(C)(C)C. The molecule has 1 aromatic rings. The molecule has 0 aromatic heterocycles. The molecule has 0 spiro atoms. The molecule has 0 aliphatic carbocycles. The van der Waals surface area contributed by atoms with Gasteiger partial charge in [-0.1, -0.05) is 19.1 Å². The molecule has 1 aromatic carbocycles. The van der Waals surface area contributed by atoms with Crippen LogP contribution in [0.1, 0.15) is 39.7 Å². The first-order valence-electron chi connectivity index (χ1n) is 6.94. The number of carbonyl (C=O) groups is 1. The van der Waals surface area contributed by atoms with Crippen LogP contribution in [0.2, 0.25) is 0 Å². The van der Waals surface area contributed by atoms with Gasteiger partial charge in [-0.05, 0) is 32.8 Å². The number of nitro benzene ring substituents is 1. The summed E-state index contributed by atoms with van der Waals surface area (Å²) in [4.78, 5) is 24.0. The van der Waals surface area contributed by atoms with Gasteiger partial charge in [0.2, 0.25) is 0 Å². The van der Waals surface area contributed by atoms with E-state index in [1.165, 1.54) is 12.1 Å². The van der Waals surface area contributed by atoms with Crippen molar-refractivity contribution in [2.75, 3.05) is 6.54 Å². The van der Waals surface area contributed by atoms with Crippen molar-refractivity contribution < 1.29 is 14.5 Å². The lowest BCUT2D eigenvalue weighted by atomic mass is 10.2. The minimum absolute atomic E-state index is 0.0214. The lowest BCUT2D eigenvalue weighted by molar-refractivity contribution is -0.384. The maximum absolute atomic E-state index is 12.1. The maximum Gasteiger partial charge on any atom is 0.410 e. The first-order chi connectivity index (χ1) is 9.73. The van der Waals surface area contributed by atoms with Gasteiger partial charge in [-0.2, -0.15) is 0 Å². The van der Waals surface area contributed by atoms with Crippen LogP contribution < -0.4 is 0 Å². The Kier molecular flexibility index (Phi) is 5.69. The van der Waals surface area contributed by atoms with E-state index in [-0.39, 0.29) is 5.69 Å². The van der Waals surface area contributed by atoms with Crippen LogP contribution in [0.15, 0.2) is 24.3 Å². The van der Waals surface area contributed by atoms with E-state index in [0.717, 1.165) is 6.42 Å². The van der Waals surface area contributed by atoms with Crippen LogP contribution in [0.3, 0.4) is 0 Å². The molecule has 0 fully saturated rings. The van der Waals surface area contributed by atoms with E-state index in [9.17, 15) is 14.9 Å². The summed E-state index contributed by atoms with van der Waals surface area (Å²) in [6, 6.07) is 6.29. The molecular formula is C15H22N2O4. The second kappa shape index (κ2) is 7.06. The number of nitro groups is 1. The highest BCUT2D eigenvalue weighted by molar-refractivity contribution is 5.68. The Morgan fingerprint density at radius 1 is 1.38 bits per heavy atom.